The third-order valence-electron chi connectivity index (χ3n) is 5.64. The maximum atomic E-state index is 12.6. The minimum atomic E-state index is -1.21. The Morgan fingerprint density at radius 3 is 2.58 bits per heavy atom. The Balaban J connectivity index is 1.82. The summed E-state index contributed by atoms with van der Waals surface area (Å²) in [5, 5.41) is 40.4. The van der Waals surface area contributed by atoms with Crippen LogP contribution < -0.4 is 4.90 Å². The summed E-state index contributed by atoms with van der Waals surface area (Å²) in [6.45, 7) is -0.281. The fraction of sp³-hybridized carbons (Fsp3) is 0.421. The van der Waals surface area contributed by atoms with Gasteiger partial charge in [0.15, 0.2) is 22.9 Å². The highest BCUT2D eigenvalue weighted by Crippen LogP contribution is 2.51. The molecule has 4 rings (SSSR count). The molecule has 0 spiro atoms. The lowest BCUT2D eigenvalue weighted by molar-refractivity contribution is -0.124. The first-order valence-corrected chi connectivity index (χ1v) is 8.54. The number of allylic oxidation sites excluding steroid dienone is 2. The number of phenols is 3. The molecular formula is C19H21NO6. The van der Waals surface area contributed by atoms with E-state index < -0.39 is 23.7 Å². The Morgan fingerprint density at radius 1 is 1.23 bits per heavy atom. The van der Waals surface area contributed by atoms with Gasteiger partial charge in [0.05, 0.1) is 24.9 Å². The number of hydrogen-bond donors (Lipinski definition) is 4. The van der Waals surface area contributed by atoms with E-state index in [1.807, 2.05) is 36.3 Å². The fourth-order valence-electron chi connectivity index (χ4n) is 3.97. The van der Waals surface area contributed by atoms with Crippen molar-refractivity contribution in [3.8, 4) is 17.2 Å². The summed E-state index contributed by atoms with van der Waals surface area (Å²) >= 11 is 0. The van der Waals surface area contributed by atoms with E-state index in [1.54, 1.807) is 0 Å². The number of nitrogens with zero attached hydrogens (tertiary/aromatic N) is 1. The van der Waals surface area contributed by atoms with Crippen LogP contribution in [0.25, 0.3) is 0 Å². The largest absolute Gasteiger partial charge is 0.504 e. The van der Waals surface area contributed by atoms with Gasteiger partial charge in [-0.05, 0) is 6.42 Å². The number of ketones is 1. The molecule has 0 amide bonds. The number of anilines is 1. The van der Waals surface area contributed by atoms with Crippen molar-refractivity contribution in [3.05, 3.63) is 35.4 Å². The number of epoxide rings is 1. The molecule has 1 aromatic carbocycles. The molecule has 3 unspecified atom stereocenters. The predicted octanol–water partition coefficient (Wildman–Crippen LogP) is 0.779. The summed E-state index contributed by atoms with van der Waals surface area (Å²) in [5.41, 5.74) is 0.0750. The summed E-state index contributed by atoms with van der Waals surface area (Å²) < 4.78 is 5.10. The Morgan fingerprint density at radius 2 is 1.92 bits per heavy atom. The molecule has 0 saturated carbocycles. The van der Waals surface area contributed by atoms with Crippen LogP contribution in [0.5, 0.6) is 17.2 Å². The van der Waals surface area contributed by atoms with Crippen molar-refractivity contribution < 1.29 is 30.0 Å². The van der Waals surface area contributed by atoms with Crippen LogP contribution in [-0.4, -0.2) is 58.1 Å². The van der Waals surface area contributed by atoms with Gasteiger partial charge < -0.3 is 30.1 Å². The van der Waals surface area contributed by atoms with E-state index in [2.05, 4.69) is 0 Å². The molecule has 0 radical (unpaired) electrons. The Hall–Kier alpha value is -2.51. The monoisotopic (exact) mass is 359 g/mol. The maximum Gasteiger partial charge on any atom is 0.201 e. The van der Waals surface area contributed by atoms with Crippen molar-refractivity contribution in [2.75, 3.05) is 25.2 Å². The number of aliphatic hydroxyl groups is 1. The minimum absolute atomic E-state index is 0.0219. The van der Waals surface area contributed by atoms with Crippen LogP contribution in [0.15, 0.2) is 24.3 Å². The number of likely N-dealkylation sites (N-methyl/N-ethyl adjacent to an activating group) is 1. The van der Waals surface area contributed by atoms with Crippen LogP contribution in [0.4, 0.5) is 5.69 Å². The minimum Gasteiger partial charge on any atom is -0.504 e. The molecule has 1 aliphatic carbocycles. The number of benzene rings is 1. The standard InChI is InChI=1S/C19H21NO6/c1-20-13-5-3-2-4-10(13)6-11-15(20)12(17(24)18(25)16(11)23)7-14(22)19(8-21)9-26-19/h2-5,10,13,21,23-25H,6-9H2,1H3. The Kier molecular flexibility index (Phi) is 3.75. The zero-order valence-corrected chi connectivity index (χ0v) is 14.3. The first kappa shape index (κ1) is 16.9. The first-order valence-electron chi connectivity index (χ1n) is 8.54. The number of fused-ring (bicyclic) bond motifs is 2. The molecule has 7 heteroatoms. The summed E-state index contributed by atoms with van der Waals surface area (Å²) in [5.74, 6) is -1.74. The number of phenolic OH excluding ortho intramolecular Hbond substituents is 3. The number of ether oxygens (including phenoxy) is 1. The summed E-state index contributed by atoms with van der Waals surface area (Å²) in [7, 11) is 1.83. The van der Waals surface area contributed by atoms with E-state index in [0.717, 1.165) is 0 Å². The molecule has 3 aliphatic rings. The van der Waals surface area contributed by atoms with Crippen LogP contribution in [0, 0.1) is 5.92 Å². The SMILES string of the molecule is CN1c2c(CC(=O)C3(CO)CO3)c(O)c(O)c(O)c2CC2C=CC=CC21. The molecule has 2 heterocycles. The predicted molar refractivity (Wildman–Crippen MR) is 93.6 cm³/mol. The quantitative estimate of drug-likeness (QED) is 0.464. The number of aliphatic hydroxyl groups excluding tert-OH is 1. The molecule has 138 valence electrons. The molecule has 4 N–H and O–H groups in total. The molecule has 1 aromatic rings. The normalized spacial score (nSPS) is 28.6. The number of aromatic hydroxyl groups is 3. The van der Waals surface area contributed by atoms with E-state index in [4.69, 9.17) is 4.74 Å². The zero-order chi connectivity index (χ0) is 18.6. The second-order valence-corrected chi connectivity index (χ2v) is 7.13. The molecule has 1 saturated heterocycles. The molecule has 3 atom stereocenters. The first-order chi connectivity index (χ1) is 12.4. The maximum absolute atomic E-state index is 12.6. The highest BCUT2D eigenvalue weighted by Gasteiger charge is 2.51. The molecule has 0 aromatic heterocycles. The number of carbonyl (C=O) groups is 1. The van der Waals surface area contributed by atoms with Crippen molar-refractivity contribution in [2.24, 2.45) is 5.92 Å². The van der Waals surface area contributed by atoms with Gasteiger partial charge in [-0.1, -0.05) is 24.3 Å². The number of Topliss-reactive ketones (excluding diaryl/α,β-unsaturated/α-hetero) is 1. The van der Waals surface area contributed by atoms with Crippen LogP contribution in [0.2, 0.25) is 0 Å². The van der Waals surface area contributed by atoms with Gasteiger partial charge >= 0.3 is 0 Å². The molecule has 26 heavy (non-hydrogen) atoms. The van der Waals surface area contributed by atoms with Crippen LogP contribution in [0.3, 0.4) is 0 Å². The number of rotatable bonds is 4. The average Bonchev–Trinajstić information content (AvgIpc) is 3.45. The smallest absolute Gasteiger partial charge is 0.201 e. The van der Waals surface area contributed by atoms with Crippen molar-refractivity contribution in [1.82, 2.24) is 0 Å². The van der Waals surface area contributed by atoms with Gasteiger partial charge in [0.1, 0.15) is 0 Å². The zero-order valence-electron chi connectivity index (χ0n) is 14.3. The van der Waals surface area contributed by atoms with Crippen LogP contribution in [0.1, 0.15) is 11.1 Å². The van der Waals surface area contributed by atoms with Crippen molar-refractivity contribution in [2.45, 2.75) is 24.5 Å². The Bertz CT molecular complexity index is 839. The summed E-state index contributed by atoms with van der Waals surface area (Å²) in [4.78, 5) is 14.5. The molecule has 7 nitrogen and oxygen atoms in total. The lowest BCUT2D eigenvalue weighted by atomic mass is 9.80. The number of hydrogen-bond acceptors (Lipinski definition) is 7. The van der Waals surface area contributed by atoms with E-state index in [-0.39, 0.29) is 42.1 Å². The third-order valence-corrected chi connectivity index (χ3v) is 5.64. The van der Waals surface area contributed by atoms with Crippen LogP contribution in [-0.2, 0) is 22.4 Å². The van der Waals surface area contributed by atoms with E-state index in [1.165, 1.54) is 0 Å². The lowest BCUT2D eigenvalue weighted by Crippen LogP contribution is -2.42. The van der Waals surface area contributed by atoms with Crippen molar-refractivity contribution in [1.29, 1.82) is 0 Å². The molecule has 1 fully saturated rings. The fourth-order valence-corrected chi connectivity index (χ4v) is 3.97. The number of carbonyl (C=O) groups excluding carboxylic acids is 1. The van der Waals surface area contributed by atoms with E-state index >= 15 is 0 Å². The summed E-state index contributed by atoms with van der Waals surface area (Å²) in [6.07, 6.45) is 8.22. The average molecular weight is 359 g/mol. The lowest BCUT2D eigenvalue weighted by Gasteiger charge is -2.41. The van der Waals surface area contributed by atoms with Gasteiger partial charge in [-0.2, -0.15) is 0 Å². The van der Waals surface area contributed by atoms with Crippen LogP contribution >= 0.6 is 0 Å². The second-order valence-electron chi connectivity index (χ2n) is 7.13. The van der Waals surface area contributed by atoms with Crippen molar-refractivity contribution in [3.63, 3.8) is 0 Å². The van der Waals surface area contributed by atoms with E-state index in [9.17, 15) is 25.2 Å². The van der Waals surface area contributed by atoms with Gasteiger partial charge in [0.2, 0.25) is 5.75 Å². The molecular weight excluding hydrogens is 338 g/mol. The van der Waals surface area contributed by atoms with Gasteiger partial charge in [-0.15, -0.1) is 0 Å². The van der Waals surface area contributed by atoms with Gasteiger partial charge in [-0.25, -0.2) is 0 Å². The topological polar surface area (TPSA) is 114 Å². The Labute approximate surface area is 150 Å². The van der Waals surface area contributed by atoms with Gasteiger partial charge in [0.25, 0.3) is 0 Å². The highest BCUT2D eigenvalue weighted by molar-refractivity contribution is 5.94. The van der Waals surface area contributed by atoms with Gasteiger partial charge in [0, 0.05) is 30.5 Å². The third kappa shape index (κ3) is 2.31. The molecule has 0 bridgehead atoms. The van der Waals surface area contributed by atoms with Gasteiger partial charge in [-0.3, -0.25) is 4.79 Å². The summed E-state index contributed by atoms with van der Waals surface area (Å²) in [6, 6.07) is 0.0219. The molecule has 2 aliphatic heterocycles. The van der Waals surface area contributed by atoms with Crippen molar-refractivity contribution >= 4 is 11.5 Å². The second kappa shape index (κ2) is 5.75. The highest BCUT2D eigenvalue weighted by atomic mass is 16.6. The van der Waals surface area contributed by atoms with E-state index in [0.29, 0.717) is 17.7 Å².